The fourth-order valence-corrected chi connectivity index (χ4v) is 3.05. The molecule has 1 aliphatic rings. The smallest absolute Gasteiger partial charge is 0.0223 e. The highest BCUT2D eigenvalue weighted by Gasteiger charge is 2.30. The van der Waals surface area contributed by atoms with Crippen LogP contribution in [0, 0.1) is 0 Å². The summed E-state index contributed by atoms with van der Waals surface area (Å²) in [5, 5.41) is 3.70. The first kappa shape index (κ1) is 14.0. The number of nitrogens with one attached hydrogen (secondary N) is 1. The van der Waals surface area contributed by atoms with Gasteiger partial charge in [0.05, 0.1) is 0 Å². The van der Waals surface area contributed by atoms with Crippen LogP contribution in [0.3, 0.4) is 0 Å². The average Bonchev–Trinajstić information content (AvgIpc) is 2.77. The minimum Gasteiger partial charge on any atom is -0.312 e. The topological polar surface area (TPSA) is 15.3 Å². The van der Waals surface area contributed by atoms with Crippen molar-refractivity contribution in [2.75, 3.05) is 13.1 Å². The van der Waals surface area contributed by atoms with Crippen LogP contribution in [-0.4, -0.2) is 36.1 Å². The van der Waals surface area contributed by atoms with Gasteiger partial charge in [-0.1, -0.05) is 20.8 Å². The quantitative estimate of drug-likeness (QED) is 0.718. The maximum absolute atomic E-state index is 3.70. The lowest BCUT2D eigenvalue weighted by molar-refractivity contribution is 0.149. The maximum Gasteiger partial charge on any atom is 0.0223 e. The summed E-state index contributed by atoms with van der Waals surface area (Å²) in [6.07, 6.45) is 6.60. The lowest BCUT2D eigenvalue weighted by Gasteiger charge is -2.36. The van der Waals surface area contributed by atoms with Gasteiger partial charge in [0, 0.05) is 18.1 Å². The second-order valence-electron chi connectivity index (χ2n) is 5.15. The monoisotopic (exact) mass is 226 g/mol. The van der Waals surface area contributed by atoms with Crippen molar-refractivity contribution < 1.29 is 0 Å². The predicted octanol–water partition coefficient (Wildman–Crippen LogP) is 3.03. The molecule has 3 atom stereocenters. The highest BCUT2D eigenvalue weighted by Crippen LogP contribution is 2.24. The molecule has 3 unspecified atom stereocenters. The first-order chi connectivity index (χ1) is 7.74. The summed E-state index contributed by atoms with van der Waals surface area (Å²) < 4.78 is 0. The van der Waals surface area contributed by atoms with Gasteiger partial charge in [0.15, 0.2) is 0 Å². The van der Waals surface area contributed by atoms with E-state index in [-0.39, 0.29) is 0 Å². The Morgan fingerprint density at radius 3 is 2.62 bits per heavy atom. The van der Waals surface area contributed by atoms with Crippen molar-refractivity contribution >= 4 is 0 Å². The van der Waals surface area contributed by atoms with E-state index in [4.69, 9.17) is 0 Å². The lowest BCUT2D eigenvalue weighted by Crippen LogP contribution is -2.50. The summed E-state index contributed by atoms with van der Waals surface area (Å²) in [4.78, 5) is 2.73. The fraction of sp³-hybridized carbons (Fsp3) is 1.00. The molecule has 0 aliphatic carbocycles. The minimum absolute atomic E-state index is 0.673. The van der Waals surface area contributed by atoms with Crippen LogP contribution in [0.5, 0.6) is 0 Å². The number of likely N-dealkylation sites (tertiary alicyclic amines) is 1. The van der Waals surface area contributed by atoms with Gasteiger partial charge in [0.1, 0.15) is 0 Å². The molecule has 16 heavy (non-hydrogen) atoms. The molecule has 1 fully saturated rings. The van der Waals surface area contributed by atoms with Gasteiger partial charge in [-0.15, -0.1) is 0 Å². The second-order valence-corrected chi connectivity index (χ2v) is 5.15. The van der Waals surface area contributed by atoms with E-state index in [1.165, 1.54) is 38.6 Å². The van der Waals surface area contributed by atoms with E-state index in [1.807, 2.05) is 0 Å². The van der Waals surface area contributed by atoms with Crippen molar-refractivity contribution in [3.05, 3.63) is 0 Å². The van der Waals surface area contributed by atoms with Gasteiger partial charge < -0.3 is 5.32 Å². The van der Waals surface area contributed by atoms with E-state index in [0.717, 1.165) is 12.6 Å². The van der Waals surface area contributed by atoms with Crippen molar-refractivity contribution in [2.45, 2.75) is 77.9 Å². The molecule has 1 saturated heterocycles. The normalized spacial score (nSPS) is 25.9. The molecule has 1 heterocycles. The molecule has 0 amide bonds. The van der Waals surface area contributed by atoms with Gasteiger partial charge >= 0.3 is 0 Å². The molecule has 1 rings (SSSR count). The van der Waals surface area contributed by atoms with Crippen LogP contribution in [-0.2, 0) is 0 Å². The second kappa shape index (κ2) is 7.29. The van der Waals surface area contributed by atoms with Gasteiger partial charge in [-0.3, -0.25) is 4.90 Å². The van der Waals surface area contributed by atoms with E-state index >= 15 is 0 Å². The van der Waals surface area contributed by atoms with Crippen LogP contribution < -0.4 is 5.32 Å². The molecular formula is C14H30N2. The third kappa shape index (κ3) is 3.46. The number of hydrogen-bond donors (Lipinski definition) is 1. The van der Waals surface area contributed by atoms with Gasteiger partial charge in [-0.25, -0.2) is 0 Å². The zero-order valence-electron chi connectivity index (χ0n) is 11.6. The maximum atomic E-state index is 3.70. The van der Waals surface area contributed by atoms with Crippen LogP contribution in [0.25, 0.3) is 0 Å². The summed E-state index contributed by atoms with van der Waals surface area (Å²) in [5.74, 6) is 0. The van der Waals surface area contributed by atoms with Crippen molar-refractivity contribution in [1.29, 1.82) is 0 Å². The fourth-order valence-electron chi connectivity index (χ4n) is 3.05. The third-order valence-electron chi connectivity index (χ3n) is 4.10. The Balaban J connectivity index is 2.48. The largest absolute Gasteiger partial charge is 0.312 e. The zero-order chi connectivity index (χ0) is 12.0. The highest BCUT2D eigenvalue weighted by atomic mass is 15.2. The molecule has 1 aliphatic heterocycles. The molecule has 0 radical (unpaired) electrons. The third-order valence-corrected chi connectivity index (χ3v) is 4.10. The molecule has 0 spiro atoms. The average molecular weight is 226 g/mol. The molecular weight excluding hydrogens is 196 g/mol. The Bertz CT molecular complexity index is 182. The Morgan fingerprint density at radius 2 is 2.06 bits per heavy atom. The molecule has 0 aromatic rings. The Hall–Kier alpha value is -0.0800. The van der Waals surface area contributed by atoms with Crippen LogP contribution in [0.15, 0.2) is 0 Å². The molecule has 2 nitrogen and oxygen atoms in total. The highest BCUT2D eigenvalue weighted by molar-refractivity contribution is 4.88. The summed E-state index contributed by atoms with van der Waals surface area (Å²) in [5.41, 5.74) is 0. The van der Waals surface area contributed by atoms with Crippen LogP contribution in [0.4, 0.5) is 0 Å². The van der Waals surface area contributed by atoms with Crippen molar-refractivity contribution in [3.63, 3.8) is 0 Å². The predicted molar refractivity (Wildman–Crippen MR) is 71.9 cm³/mol. The summed E-state index contributed by atoms with van der Waals surface area (Å²) in [6, 6.07) is 2.21. The first-order valence-corrected chi connectivity index (χ1v) is 7.23. The van der Waals surface area contributed by atoms with E-state index in [0.29, 0.717) is 12.1 Å². The van der Waals surface area contributed by atoms with E-state index in [1.54, 1.807) is 0 Å². The first-order valence-electron chi connectivity index (χ1n) is 7.23. The summed E-state index contributed by atoms with van der Waals surface area (Å²) >= 11 is 0. The van der Waals surface area contributed by atoms with Crippen LogP contribution in [0.1, 0.15) is 59.8 Å². The molecule has 96 valence electrons. The summed E-state index contributed by atoms with van der Waals surface area (Å²) in [7, 11) is 0. The molecule has 0 saturated carbocycles. The minimum atomic E-state index is 0.673. The standard InChI is InChI=1S/C14H30N2/c1-5-10-15-14(7-3)12(4)16-11-8-9-13(16)6-2/h12-15H,5-11H2,1-4H3. The Labute approximate surface area is 102 Å². The number of nitrogens with zero attached hydrogens (tertiary/aromatic N) is 1. The van der Waals surface area contributed by atoms with Crippen molar-refractivity contribution in [3.8, 4) is 0 Å². The van der Waals surface area contributed by atoms with Crippen LogP contribution >= 0.6 is 0 Å². The SMILES string of the molecule is CCCNC(CC)C(C)N1CCCC1CC. The van der Waals surface area contributed by atoms with Crippen molar-refractivity contribution in [2.24, 2.45) is 0 Å². The van der Waals surface area contributed by atoms with E-state index < -0.39 is 0 Å². The van der Waals surface area contributed by atoms with Gasteiger partial charge in [0.2, 0.25) is 0 Å². The summed E-state index contributed by atoms with van der Waals surface area (Å²) in [6.45, 7) is 11.8. The van der Waals surface area contributed by atoms with Crippen molar-refractivity contribution in [1.82, 2.24) is 10.2 Å². The lowest BCUT2D eigenvalue weighted by atomic mass is 10.0. The molecule has 0 aromatic heterocycles. The molecule has 1 N–H and O–H groups in total. The zero-order valence-corrected chi connectivity index (χ0v) is 11.6. The molecule has 2 heteroatoms. The van der Waals surface area contributed by atoms with Gasteiger partial charge in [0.25, 0.3) is 0 Å². The van der Waals surface area contributed by atoms with E-state index in [2.05, 4.69) is 37.9 Å². The van der Waals surface area contributed by atoms with Gasteiger partial charge in [-0.05, 0) is 52.1 Å². The van der Waals surface area contributed by atoms with Gasteiger partial charge in [-0.2, -0.15) is 0 Å². The number of hydrogen-bond acceptors (Lipinski definition) is 2. The Morgan fingerprint density at radius 1 is 1.31 bits per heavy atom. The molecule has 0 aromatic carbocycles. The number of rotatable bonds is 7. The van der Waals surface area contributed by atoms with E-state index in [9.17, 15) is 0 Å². The Kier molecular flexibility index (Phi) is 6.37. The molecule has 0 bridgehead atoms. The van der Waals surface area contributed by atoms with Crippen LogP contribution in [0.2, 0.25) is 0 Å².